The molecule has 4 nitrogen and oxygen atoms in total. The first-order valence-corrected chi connectivity index (χ1v) is 13.4. The summed E-state index contributed by atoms with van der Waals surface area (Å²) in [6.45, 7) is 14.5. The van der Waals surface area contributed by atoms with E-state index in [4.69, 9.17) is 4.74 Å². The molecule has 5 unspecified atom stereocenters. The Balaban J connectivity index is 0.00000126. The number of piperidine rings is 1. The van der Waals surface area contributed by atoms with E-state index in [-0.39, 0.29) is 16.7 Å². The van der Waals surface area contributed by atoms with Crippen LogP contribution in [0.4, 0.5) is 0 Å². The number of hydrogen-bond acceptors (Lipinski definition) is 3. The molecule has 1 amide bonds. The number of fused-ring (bicyclic) bond motifs is 5. The number of nitrogens with zero attached hydrogens (tertiary/aromatic N) is 2. The van der Waals surface area contributed by atoms with Crippen molar-refractivity contribution in [2.24, 2.45) is 28.6 Å². The predicted octanol–water partition coefficient (Wildman–Crippen LogP) is 6.75. The van der Waals surface area contributed by atoms with Crippen LogP contribution < -0.4 is 4.74 Å². The summed E-state index contributed by atoms with van der Waals surface area (Å²) < 4.78 is 5.74. The Morgan fingerprint density at radius 2 is 1.94 bits per heavy atom. The zero-order valence-corrected chi connectivity index (χ0v) is 21.7. The van der Waals surface area contributed by atoms with Gasteiger partial charge in [-0.3, -0.25) is 9.78 Å². The zero-order chi connectivity index (χ0) is 23.8. The van der Waals surface area contributed by atoms with Gasteiger partial charge in [-0.1, -0.05) is 33.8 Å². The molecule has 1 aromatic rings. The minimum atomic E-state index is 0.228. The zero-order valence-electron chi connectivity index (χ0n) is 21.7. The molecule has 0 bridgehead atoms. The van der Waals surface area contributed by atoms with Gasteiger partial charge in [0.25, 0.3) is 0 Å². The molecule has 6 atom stereocenters. The fourth-order valence-electron chi connectivity index (χ4n) is 8.29. The number of rotatable bonds is 3. The van der Waals surface area contributed by atoms with Crippen molar-refractivity contribution in [1.82, 2.24) is 9.88 Å². The summed E-state index contributed by atoms with van der Waals surface area (Å²) >= 11 is 0. The summed E-state index contributed by atoms with van der Waals surface area (Å²) in [5.74, 6) is 3.38. The van der Waals surface area contributed by atoms with Crippen LogP contribution in [0.2, 0.25) is 0 Å². The number of carbonyl (C=O) groups excluding carboxylic acids is 1. The number of likely N-dealkylation sites (tertiary alicyclic amines) is 1. The molecule has 4 aliphatic rings. The lowest BCUT2D eigenvalue weighted by molar-refractivity contribution is -0.151. The lowest BCUT2D eigenvalue weighted by atomic mass is 9.46. The van der Waals surface area contributed by atoms with Gasteiger partial charge in [-0.25, -0.2) is 0 Å². The van der Waals surface area contributed by atoms with Gasteiger partial charge in [0.05, 0.1) is 12.8 Å². The third kappa shape index (κ3) is 3.91. The minimum absolute atomic E-state index is 0.228. The maximum Gasteiger partial charge on any atom is 0.219 e. The number of pyridine rings is 1. The van der Waals surface area contributed by atoms with Crippen LogP contribution in [0, 0.1) is 28.6 Å². The highest BCUT2D eigenvalue weighted by molar-refractivity contribution is 5.74. The largest absolute Gasteiger partial charge is 0.492 e. The fourth-order valence-corrected chi connectivity index (χ4v) is 8.29. The molecule has 0 aromatic carbocycles. The van der Waals surface area contributed by atoms with Gasteiger partial charge in [-0.2, -0.15) is 0 Å². The normalized spacial score (nSPS) is 37.0. The molecule has 1 saturated heterocycles. The van der Waals surface area contributed by atoms with Crippen LogP contribution in [0.15, 0.2) is 24.5 Å². The Kier molecular flexibility index (Phi) is 6.94. The van der Waals surface area contributed by atoms with Crippen LogP contribution in [0.5, 0.6) is 5.75 Å². The third-order valence-electron chi connectivity index (χ3n) is 9.63. The molecule has 5 rings (SSSR count). The Hall–Kier alpha value is -1.84. The number of allylic oxidation sites excluding steroid dienone is 2. The van der Waals surface area contributed by atoms with E-state index >= 15 is 0 Å². The van der Waals surface area contributed by atoms with E-state index in [9.17, 15) is 4.79 Å². The summed E-state index contributed by atoms with van der Waals surface area (Å²) in [5.41, 5.74) is 3.25. The van der Waals surface area contributed by atoms with E-state index < -0.39 is 0 Å². The standard InChI is InChI=1S/C27H38N2O2.C2H6/c1-5-31-20-15-19(16-28-17-20)22-8-9-23-21-7-10-25-27(4,12-6-14-29(25)18(2)30)24(21)11-13-26(22,23)3;1-2/h8,15-17,21,23-25H,5-7,9-14H2,1-4H3;1-2H3/t21?,23-,24?,25?,26?,27?;/m0./s1. The number of hydrogen-bond donors (Lipinski definition) is 0. The van der Waals surface area contributed by atoms with E-state index in [1.807, 2.05) is 33.2 Å². The van der Waals surface area contributed by atoms with E-state index in [0.717, 1.165) is 30.6 Å². The summed E-state index contributed by atoms with van der Waals surface area (Å²) in [5, 5.41) is 0. The first-order chi connectivity index (χ1) is 15.9. The second kappa shape index (κ2) is 9.43. The average Bonchev–Trinajstić information content (AvgIpc) is 3.17. The van der Waals surface area contributed by atoms with Crippen molar-refractivity contribution in [3.63, 3.8) is 0 Å². The Bertz CT molecular complexity index is 895. The van der Waals surface area contributed by atoms with E-state index in [0.29, 0.717) is 18.6 Å². The van der Waals surface area contributed by atoms with Crippen LogP contribution in [0.1, 0.15) is 92.1 Å². The van der Waals surface area contributed by atoms with Gasteiger partial charge in [-0.05, 0) is 97.7 Å². The molecule has 3 fully saturated rings. The molecule has 2 heterocycles. The second-order valence-electron chi connectivity index (χ2n) is 10.9. The Labute approximate surface area is 201 Å². The molecule has 182 valence electrons. The minimum Gasteiger partial charge on any atom is -0.492 e. The molecule has 0 spiro atoms. The van der Waals surface area contributed by atoms with Gasteiger partial charge >= 0.3 is 0 Å². The molecule has 3 aliphatic carbocycles. The first-order valence-electron chi connectivity index (χ1n) is 13.4. The third-order valence-corrected chi connectivity index (χ3v) is 9.63. The maximum atomic E-state index is 12.4. The van der Waals surface area contributed by atoms with Crippen LogP contribution in [0.25, 0.3) is 5.57 Å². The van der Waals surface area contributed by atoms with Crippen LogP contribution in [0.3, 0.4) is 0 Å². The van der Waals surface area contributed by atoms with E-state index in [1.54, 1.807) is 6.92 Å². The highest BCUT2D eigenvalue weighted by Crippen LogP contribution is 2.66. The molecule has 33 heavy (non-hydrogen) atoms. The molecular weight excluding hydrogens is 408 g/mol. The van der Waals surface area contributed by atoms with Gasteiger partial charge in [0.2, 0.25) is 5.91 Å². The van der Waals surface area contributed by atoms with Crippen LogP contribution in [-0.2, 0) is 4.79 Å². The molecule has 4 heteroatoms. The molecule has 0 radical (unpaired) electrons. The summed E-state index contributed by atoms with van der Waals surface area (Å²) in [6, 6.07) is 2.64. The van der Waals surface area contributed by atoms with Crippen molar-refractivity contribution in [1.29, 1.82) is 0 Å². The summed E-state index contributed by atoms with van der Waals surface area (Å²) in [7, 11) is 0. The number of amides is 1. The number of ether oxygens (including phenoxy) is 1. The molecular formula is C29H44N2O2. The highest BCUT2D eigenvalue weighted by atomic mass is 16.5. The maximum absolute atomic E-state index is 12.4. The number of carbonyl (C=O) groups is 1. The smallest absolute Gasteiger partial charge is 0.219 e. The van der Waals surface area contributed by atoms with Crippen LogP contribution in [-0.4, -0.2) is 35.0 Å². The Morgan fingerprint density at radius 1 is 1.15 bits per heavy atom. The lowest BCUT2D eigenvalue weighted by Crippen LogP contribution is -2.61. The summed E-state index contributed by atoms with van der Waals surface area (Å²) in [4.78, 5) is 19.1. The molecule has 2 saturated carbocycles. The highest BCUT2D eigenvalue weighted by Gasteiger charge is 2.59. The average molecular weight is 453 g/mol. The SMILES string of the molecule is CC.CCOc1cncc(C2=CC[C@H]3C4CCC5N(C(C)=O)CCCC5(C)C4CCC23C)c1. The predicted molar refractivity (Wildman–Crippen MR) is 135 cm³/mol. The topological polar surface area (TPSA) is 42.4 Å². The summed E-state index contributed by atoms with van der Waals surface area (Å²) in [6.07, 6.45) is 15.0. The second-order valence-corrected chi connectivity index (χ2v) is 10.9. The van der Waals surface area contributed by atoms with Gasteiger partial charge in [0, 0.05) is 25.7 Å². The van der Waals surface area contributed by atoms with Crippen molar-refractivity contribution in [3.05, 3.63) is 30.1 Å². The fraction of sp³-hybridized carbons (Fsp3) is 0.724. The Morgan fingerprint density at radius 3 is 2.67 bits per heavy atom. The van der Waals surface area contributed by atoms with Gasteiger partial charge in [0.15, 0.2) is 0 Å². The van der Waals surface area contributed by atoms with Crippen molar-refractivity contribution in [2.45, 2.75) is 92.5 Å². The van der Waals surface area contributed by atoms with Crippen molar-refractivity contribution in [2.75, 3.05) is 13.2 Å². The van der Waals surface area contributed by atoms with Crippen molar-refractivity contribution in [3.8, 4) is 5.75 Å². The van der Waals surface area contributed by atoms with Crippen LogP contribution >= 0.6 is 0 Å². The van der Waals surface area contributed by atoms with E-state index in [1.165, 1.54) is 49.7 Å². The van der Waals surface area contributed by atoms with Gasteiger partial charge < -0.3 is 9.64 Å². The quantitative estimate of drug-likeness (QED) is 0.509. The van der Waals surface area contributed by atoms with Gasteiger partial charge in [0.1, 0.15) is 5.75 Å². The molecule has 1 aliphatic heterocycles. The molecule has 1 aromatic heterocycles. The lowest BCUT2D eigenvalue weighted by Gasteiger charge is -2.62. The van der Waals surface area contributed by atoms with E-state index in [2.05, 4.69) is 35.9 Å². The molecule has 0 N–H and O–H groups in total. The van der Waals surface area contributed by atoms with Crippen molar-refractivity contribution < 1.29 is 9.53 Å². The first kappa shape index (κ1) is 24.3. The monoisotopic (exact) mass is 452 g/mol. The van der Waals surface area contributed by atoms with Gasteiger partial charge in [-0.15, -0.1) is 0 Å². The van der Waals surface area contributed by atoms with Crippen molar-refractivity contribution >= 4 is 11.5 Å². The number of aromatic nitrogens is 1.